The van der Waals surface area contributed by atoms with E-state index in [1.807, 2.05) is 54.6 Å². The summed E-state index contributed by atoms with van der Waals surface area (Å²) < 4.78 is 11.3. The van der Waals surface area contributed by atoms with E-state index in [0.717, 1.165) is 36.9 Å². The number of rotatable bonds is 10. The summed E-state index contributed by atoms with van der Waals surface area (Å²) in [6.07, 6.45) is 0. The number of hydrogen-bond acceptors (Lipinski definition) is 4. The Morgan fingerprint density at radius 3 is 2.10 bits per heavy atom. The van der Waals surface area contributed by atoms with E-state index in [2.05, 4.69) is 43.0 Å². The Morgan fingerprint density at radius 2 is 1.43 bits per heavy atom. The van der Waals surface area contributed by atoms with Gasteiger partial charge in [0.25, 0.3) is 0 Å². The number of nitrogens with two attached hydrogens (primary N) is 1. The van der Waals surface area contributed by atoms with Gasteiger partial charge in [-0.05, 0) is 59.5 Å². The second-order valence-corrected chi connectivity index (χ2v) is 8.42. The minimum atomic E-state index is 0.0324. The molecule has 158 valence electrons. The number of para-hydroxylation sites is 1. The Labute approximate surface area is 180 Å². The van der Waals surface area contributed by atoms with Gasteiger partial charge in [-0.1, -0.05) is 56.3 Å². The first kappa shape index (κ1) is 21.9. The Hall–Kier alpha value is -2.82. The summed E-state index contributed by atoms with van der Waals surface area (Å²) in [5.41, 5.74) is 8.52. The lowest BCUT2D eigenvalue weighted by Gasteiger charge is -2.32. The SMILES string of the molecule is COc1ccc(CN(Cc2cccc(Oc3ccccc3)c2)CC(C)(C)CN)cc1. The molecule has 30 heavy (non-hydrogen) atoms. The molecule has 3 rings (SSSR count). The van der Waals surface area contributed by atoms with Crippen LogP contribution in [0.5, 0.6) is 17.2 Å². The molecule has 4 nitrogen and oxygen atoms in total. The summed E-state index contributed by atoms with van der Waals surface area (Å²) in [5, 5.41) is 0. The number of ether oxygens (including phenoxy) is 2. The molecule has 0 bridgehead atoms. The second-order valence-electron chi connectivity index (χ2n) is 8.42. The van der Waals surface area contributed by atoms with Crippen molar-refractivity contribution in [2.24, 2.45) is 11.1 Å². The minimum absolute atomic E-state index is 0.0324. The van der Waals surface area contributed by atoms with E-state index in [9.17, 15) is 0 Å². The van der Waals surface area contributed by atoms with Crippen molar-refractivity contribution in [2.45, 2.75) is 26.9 Å². The van der Waals surface area contributed by atoms with Crippen LogP contribution in [0.1, 0.15) is 25.0 Å². The predicted octanol–water partition coefficient (Wildman–Crippen LogP) is 5.47. The van der Waals surface area contributed by atoms with Gasteiger partial charge < -0.3 is 15.2 Å². The van der Waals surface area contributed by atoms with Crippen molar-refractivity contribution in [2.75, 3.05) is 20.2 Å². The molecule has 3 aromatic carbocycles. The molecule has 0 radical (unpaired) electrons. The number of benzene rings is 3. The van der Waals surface area contributed by atoms with Crippen LogP contribution in [0.4, 0.5) is 0 Å². The van der Waals surface area contributed by atoms with Crippen LogP contribution in [0, 0.1) is 5.41 Å². The smallest absolute Gasteiger partial charge is 0.127 e. The summed E-state index contributed by atoms with van der Waals surface area (Å²) in [4.78, 5) is 2.44. The molecular formula is C26H32N2O2. The van der Waals surface area contributed by atoms with Crippen LogP contribution in [-0.4, -0.2) is 25.1 Å². The molecule has 0 aliphatic carbocycles. The van der Waals surface area contributed by atoms with E-state index in [-0.39, 0.29) is 5.41 Å². The molecule has 0 aliphatic rings. The molecule has 0 atom stereocenters. The van der Waals surface area contributed by atoms with Gasteiger partial charge in [0.05, 0.1) is 7.11 Å². The lowest BCUT2D eigenvalue weighted by Crippen LogP contribution is -2.38. The summed E-state index contributed by atoms with van der Waals surface area (Å²) in [6, 6.07) is 26.4. The molecule has 0 aliphatic heterocycles. The van der Waals surface area contributed by atoms with Gasteiger partial charge in [0.1, 0.15) is 17.2 Å². The molecule has 0 saturated heterocycles. The third-order valence-electron chi connectivity index (χ3n) is 5.05. The molecule has 0 heterocycles. The van der Waals surface area contributed by atoms with Crippen molar-refractivity contribution in [3.63, 3.8) is 0 Å². The van der Waals surface area contributed by atoms with Crippen molar-refractivity contribution in [1.82, 2.24) is 4.90 Å². The van der Waals surface area contributed by atoms with Gasteiger partial charge in [-0.2, -0.15) is 0 Å². The van der Waals surface area contributed by atoms with Crippen molar-refractivity contribution in [1.29, 1.82) is 0 Å². The molecule has 2 N–H and O–H groups in total. The van der Waals surface area contributed by atoms with Gasteiger partial charge >= 0.3 is 0 Å². The first-order chi connectivity index (χ1) is 14.5. The van der Waals surface area contributed by atoms with Gasteiger partial charge in [-0.25, -0.2) is 0 Å². The Kier molecular flexibility index (Phi) is 7.50. The summed E-state index contributed by atoms with van der Waals surface area (Å²) in [5.74, 6) is 2.56. The van der Waals surface area contributed by atoms with Crippen molar-refractivity contribution >= 4 is 0 Å². The maximum absolute atomic E-state index is 6.03. The van der Waals surface area contributed by atoms with Crippen LogP contribution in [0.25, 0.3) is 0 Å². The zero-order valence-corrected chi connectivity index (χ0v) is 18.2. The van der Waals surface area contributed by atoms with Crippen LogP contribution in [0.3, 0.4) is 0 Å². The minimum Gasteiger partial charge on any atom is -0.497 e. The lowest BCUT2D eigenvalue weighted by molar-refractivity contribution is 0.168. The Morgan fingerprint density at radius 1 is 0.767 bits per heavy atom. The highest BCUT2D eigenvalue weighted by Gasteiger charge is 2.21. The van der Waals surface area contributed by atoms with E-state index in [0.29, 0.717) is 6.54 Å². The van der Waals surface area contributed by atoms with Crippen LogP contribution in [0.2, 0.25) is 0 Å². The third kappa shape index (κ3) is 6.61. The second kappa shape index (κ2) is 10.3. The van der Waals surface area contributed by atoms with E-state index in [1.54, 1.807) is 7.11 Å². The maximum Gasteiger partial charge on any atom is 0.127 e. The van der Waals surface area contributed by atoms with Crippen molar-refractivity contribution in [3.05, 3.63) is 90.0 Å². The standard InChI is InChI=1S/C26H32N2O2/c1-26(2,19-27)20-28(17-21-12-14-23(29-3)15-13-21)18-22-8-7-11-25(16-22)30-24-9-5-4-6-10-24/h4-16H,17-20,27H2,1-3H3. The maximum atomic E-state index is 6.03. The third-order valence-corrected chi connectivity index (χ3v) is 5.05. The average molecular weight is 405 g/mol. The van der Waals surface area contributed by atoms with Gasteiger partial charge in [0.15, 0.2) is 0 Å². The normalized spacial score (nSPS) is 11.5. The molecule has 0 spiro atoms. The molecule has 0 amide bonds. The monoisotopic (exact) mass is 404 g/mol. The largest absolute Gasteiger partial charge is 0.497 e. The number of methoxy groups -OCH3 is 1. The Bertz CT molecular complexity index is 908. The van der Waals surface area contributed by atoms with Crippen LogP contribution in [0.15, 0.2) is 78.9 Å². The van der Waals surface area contributed by atoms with Gasteiger partial charge in [-0.3, -0.25) is 4.90 Å². The highest BCUT2D eigenvalue weighted by Crippen LogP contribution is 2.24. The fraction of sp³-hybridized carbons (Fsp3) is 0.308. The average Bonchev–Trinajstić information content (AvgIpc) is 2.75. The molecular weight excluding hydrogens is 372 g/mol. The molecule has 4 heteroatoms. The first-order valence-corrected chi connectivity index (χ1v) is 10.3. The molecule has 0 aromatic heterocycles. The highest BCUT2D eigenvalue weighted by atomic mass is 16.5. The van der Waals surface area contributed by atoms with Crippen LogP contribution in [-0.2, 0) is 13.1 Å². The van der Waals surface area contributed by atoms with Gasteiger partial charge in [0, 0.05) is 19.6 Å². The summed E-state index contributed by atoms with van der Waals surface area (Å²) in [7, 11) is 1.69. The van der Waals surface area contributed by atoms with Crippen LogP contribution < -0.4 is 15.2 Å². The molecule has 3 aromatic rings. The zero-order chi connectivity index (χ0) is 21.4. The lowest BCUT2D eigenvalue weighted by atomic mass is 9.92. The van der Waals surface area contributed by atoms with E-state index < -0.39 is 0 Å². The van der Waals surface area contributed by atoms with Crippen molar-refractivity contribution in [3.8, 4) is 17.2 Å². The van der Waals surface area contributed by atoms with Gasteiger partial charge in [0.2, 0.25) is 0 Å². The molecule has 0 saturated carbocycles. The first-order valence-electron chi connectivity index (χ1n) is 10.3. The predicted molar refractivity (Wildman–Crippen MR) is 123 cm³/mol. The summed E-state index contributed by atoms with van der Waals surface area (Å²) in [6.45, 7) is 7.63. The van der Waals surface area contributed by atoms with Crippen LogP contribution >= 0.6 is 0 Å². The van der Waals surface area contributed by atoms with Crippen molar-refractivity contribution < 1.29 is 9.47 Å². The Balaban J connectivity index is 1.75. The molecule has 0 fully saturated rings. The van der Waals surface area contributed by atoms with E-state index in [1.165, 1.54) is 11.1 Å². The fourth-order valence-electron chi connectivity index (χ4n) is 3.42. The highest BCUT2D eigenvalue weighted by molar-refractivity contribution is 5.34. The topological polar surface area (TPSA) is 47.7 Å². The molecule has 0 unspecified atom stereocenters. The van der Waals surface area contributed by atoms with E-state index >= 15 is 0 Å². The van der Waals surface area contributed by atoms with E-state index in [4.69, 9.17) is 15.2 Å². The zero-order valence-electron chi connectivity index (χ0n) is 18.2. The number of hydrogen-bond donors (Lipinski definition) is 1. The fourth-order valence-corrected chi connectivity index (χ4v) is 3.42. The van der Waals surface area contributed by atoms with Gasteiger partial charge in [-0.15, -0.1) is 0 Å². The quantitative estimate of drug-likeness (QED) is 0.486. The summed E-state index contributed by atoms with van der Waals surface area (Å²) >= 11 is 0. The number of nitrogens with zero attached hydrogens (tertiary/aromatic N) is 1.